The standard InChI is InChI=1S/C9H8ClFO2/c1-13-9(12)8(11)6-2-4-7(10)5-3-6/h2-5,8H,1H3. The Balaban J connectivity index is 2.83. The molecule has 1 aromatic rings. The van der Waals surface area contributed by atoms with E-state index in [9.17, 15) is 9.18 Å². The number of carbonyl (C=O) groups excluding carboxylic acids is 1. The summed E-state index contributed by atoms with van der Waals surface area (Å²) >= 11 is 5.59. The number of halogens is 2. The number of rotatable bonds is 2. The monoisotopic (exact) mass is 202 g/mol. The predicted octanol–water partition coefficient (Wildman–Crippen LogP) is 2.52. The number of methoxy groups -OCH3 is 1. The topological polar surface area (TPSA) is 26.3 Å². The molecule has 2 nitrogen and oxygen atoms in total. The van der Waals surface area contributed by atoms with Crippen molar-refractivity contribution in [3.63, 3.8) is 0 Å². The molecule has 0 bridgehead atoms. The third kappa shape index (κ3) is 2.42. The summed E-state index contributed by atoms with van der Waals surface area (Å²) in [6, 6.07) is 5.94. The maximum atomic E-state index is 13.1. The van der Waals surface area contributed by atoms with Gasteiger partial charge in [-0.2, -0.15) is 0 Å². The molecule has 13 heavy (non-hydrogen) atoms. The van der Waals surface area contributed by atoms with E-state index in [4.69, 9.17) is 11.6 Å². The van der Waals surface area contributed by atoms with Crippen molar-refractivity contribution in [1.29, 1.82) is 0 Å². The molecule has 1 unspecified atom stereocenters. The van der Waals surface area contributed by atoms with Gasteiger partial charge in [-0.05, 0) is 17.7 Å². The minimum Gasteiger partial charge on any atom is -0.467 e. The third-order valence-electron chi connectivity index (χ3n) is 1.57. The molecule has 4 heteroatoms. The Hall–Kier alpha value is -1.09. The van der Waals surface area contributed by atoms with E-state index in [0.717, 1.165) is 7.11 Å². The highest BCUT2D eigenvalue weighted by atomic mass is 35.5. The van der Waals surface area contributed by atoms with Crippen LogP contribution in [0.25, 0.3) is 0 Å². The molecule has 0 aliphatic carbocycles. The van der Waals surface area contributed by atoms with Gasteiger partial charge in [-0.15, -0.1) is 0 Å². The molecule has 0 spiro atoms. The van der Waals surface area contributed by atoms with Crippen LogP contribution in [-0.4, -0.2) is 13.1 Å². The second kappa shape index (κ2) is 4.23. The SMILES string of the molecule is COC(=O)C(F)c1ccc(Cl)cc1. The minimum atomic E-state index is -1.73. The van der Waals surface area contributed by atoms with E-state index < -0.39 is 12.1 Å². The molecule has 0 heterocycles. The van der Waals surface area contributed by atoms with Crippen LogP contribution in [0.5, 0.6) is 0 Å². The summed E-state index contributed by atoms with van der Waals surface area (Å²) in [7, 11) is 1.14. The van der Waals surface area contributed by atoms with Gasteiger partial charge in [-0.25, -0.2) is 9.18 Å². The summed E-state index contributed by atoms with van der Waals surface area (Å²) in [5.74, 6) is -0.901. The summed E-state index contributed by atoms with van der Waals surface area (Å²) in [6.07, 6.45) is -1.73. The number of ether oxygens (including phenoxy) is 1. The number of esters is 1. The Bertz CT molecular complexity index is 297. The van der Waals surface area contributed by atoms with Crippen LogP contribution in [0.15, 0.2) is 24.3 Å². The summed E-state index contributed by atoms with van der Waals surface area (Å²) in [4.78, 5) is 10.8. The second-order valence-corrected chi connectivity index (χ2v) is 2.87. The van der Waals surface area contributed by atoms with Crippen LogP contribution in [0.3, 0.4) is 0 Å². The molecule has 0 N–H and O–H groups in total. The lowest BCUT2D eigenvalue weighted by Crippen LogP contribution is -2.09. The first-order valence-electron chi connectivity index (χ1n) is 3.62. The molecule has 0 saturated heterocycles. The van der Waals surface area contributed by atoms with Gasteiger partial charge >= 0.3 is 5.97 Å². The Kier molecular flexibility index (Phi) is 3.25. The molecule has 0 saturated carbocycles. The first-order chi connectivity index (χ1) is 6.15. The molecule has 0 aliphatic heterocycles. The molecule has 1 aromatic carbocycles. The zero-order valence-corrected chi connectivity index (χ0v) is 7.72. The van der Waals surface area contributed by atoms with Crippen LogP contribution in [0.4, 0.5) is 4.39 Å². The van der Waals surface area contributed by atoms with Gasteiger partial charge in [0.05, 0.1) is 7.11 Å². The zero-order chi connectivity index (χ0) is 9.84. The third-order valence-corrected chi connectivity index (χ3v) is 1.82. The van der Waals surface area contributed by atoms with Crippen LogP contribution >= 0.6 is 11.6 Å². The Morgan fingerprint density at radius 3 is 2.46 bits per heavy atom. The fraction of sp³-hybridized carbons (Fsp3) is 0.222. The highest BCUT2D eigenvalue weighted by Gasteiger charge is 2.19. The molecule has 1 atom stereocenters. The minimum absolute atomic E-state index is 0.247. The summed E-state index contributed by atoms with van der Waals surface area (Å²) < 4.78 is 17.4. The van der Waals surface area contributed by atoms with Crippen molar-refractivity contribution in [3.8, 4) is 0 Å². The largest absolute Gasteiger partial charge is 0.467 e. The first kappa shape index (κ1) is 9.99. The molecule has 0 aromatic heterocycles. The maximum absolute atomic E-state index is 13.1. The van der Waals surface area contributed by atoms with Gasteiger partial charge in [0.25, 0.3) is 0 Å². The van der Waals surface area contributed by atoms with Gasteiger partial charge in [-0.3, -0.25) is 0 Å². The van der Waals surface area contributed by atoms with E-state index in [1.54, 1.807) is 0 Å². The van der Waals surface area contributed by atoms with Crippen molar-refractivity contribution in [2.45, 2.75) is 6.17 Å². The number of carbonyl (C=O) groups is 1. The van der Waals surface area contributed by atoms with Crippen molar-refractivity contribution in [3.05, 3.63) is 34.9 Å². The van der Waals surface area contributed by atoms with Gasteiger partial charge in [0.2, 0.25) is 6.17 Å². The van der Waals surface area contributed by atoms with E-state index in [1.807, 2.05) is 0 Å². The zero-order valence-electron chi connectivity index (χ0n) is 6.96. The maximum Gasteiger partial charge on any atom is 0.345 e. The molecule has 0 amide bonds. The van der Waals surface area contributed by atoms with E-state index >= 15 is 0 Å². The second-order valence-electron chi connectivity index (χ2n) is 2.44. The predicted molar refractivity (Wildman–Crippen MR) is 47.3 cm³/mol. The molecule has 0 radical (unpaired) electrons. The quantitative estimate of drug-likeness (QED) is 0.689. The van der Waals surface area contributed by atoms with Gasteiger partial charge < -0.3 is 4.74 Å². The smallest absolute Gasteiger partial charge is 0.345 e. The lowest BCUT2D eigenvalue weighted by molar-refractivity contribution is -0.146. The Morgan fingerprint density at radius 2 is 2.00 bits per heavy atom. The molecule has 0 aliphatic rings. The molecule has 70 valence electrons. The average Bonchev–Trinajstić information content (AvgIpc) is 2.17. The van der Waals surface area contributed by atoms with Crippen LogP contribution in [0.2, 0.25) is 5.02 Å². The highest BCUT2D eigenvalue weighted by molar-refractivity contribution is 6.30. The molecular weight excluding hydrogens is 195 g/mol. The van der Waals surface area contributed by atoms with Crippen LogP contribution in [0, 0.1) is 0 Å². The van der Waals surface area contributed by atoms with Crippen molar-refractivity contribution in [2.24, 2.45) is 0 Å². The average molecular weight is 203 g/mol. The number of alkyl halides is 1. The fourth-order valence-corrected chi connectivity index (χ4v) is 0.997. The van der Waals surface area contributed by atoms with E-state index in [2.05, 4.69) is 4.74 Å². The first-order valence-corrected chi connectivity index (χ1v) is 4.00. The Morgan fingerprint density at radius 1 is 1.46 bits per heavy atom. The van der Waals surface area contributed by atoms with Gasteiger partial charge in [0, 0.05) is 5.02 Å². The molecule has 0 fully saturated rings. The van der Waals surface area contributed by atoms with Gasteiger partial charge in [0.1, 0.15) is 0 Å². The van der Waals surface area contributed by atoms with Crippen LogP contribution < -0.4 is 0 Å². The van der Waals surface area contributed by atoms with E-state index in [-0.39, 0.29) is 5.56 Å². The fourth-order valence-electron chi connectivity index (χ4n) is 0.871. The van der Waals surface area contributed by atoms with Crippen LogP contribution in [0.1, 0.15) is 11.7 Å². The summed E-state index contributed by atoms with van der Waals surface area (Å²) in [5, 5.41) is 0.501. The van der Waals surface area contributed by atoms with E-state index in [1.165, 1.54) is 24.3 Å². The van der Waals surface area contributed by atoms with E-state index in [0.29, 0.717) is 5.02 Å². The summed E-state index contributed by atoms with van der Waals surface area (Å²) in [5.41, 5.74) is 0.247. The van der Waals surface area contributed by atoms with Gasteiger partial charge in [0.15, 0.2) is 0 Å². The molecular formula is C9H8ClFO2. The lowest BCUT2D eigenvalue weighted by atomic mass is 10.1. The van der Waals surface area contributed by atoms with Crippen molar-refractivity contribution in [2.75, 3.05) is 7.11 Å². The van der Waals surface area contributed by atoms with Crippen molar-refractivity contribution >= 4 is 17.6 Å². The highest BCUT2D eigenvalue weighted by Crippen LogP contribution is 2.20. The molecule has 1 rings (SSSR count). The number of hydrogen-bond acceptors (Lipinski definition) is 2. The van der Waals surface area contributed by atoms with Gasteiger partial charge in [-0.1, -0.05) is 23.7 Å². The van der Waals surface area contributed by atoms with Crippen molar-refractivity contribution in [1.82, 2.24) is 0 Å². The van der Waals surface area contributed by atoms with Crippen molar-refractivity contribution < 1.29 is 13.9 Å². The number of hydrogen-bond donors (Lipinski definition) is 0. The lowest BCUT2D eigenvalue weighted by Gasteiger charge is -2.05. The summed E-state index contributed by atoms with van der Waals surface area (Å²) in [6.45, 7) is 0. The van der Waals surface area contributed by atoms with Crippen LogP contribution in [-0.2, 0) is 9.53 Å². The number of benzene rings is 1. The normalized spacial score (nSPS) is 12.2. The Labute approximate surface area is 80.3 Å².